The largest absolute Gasteiger partial charge is 0.486 e. The third-order valence-corrected chi connectivity index (χ3v) is 3.19. The molecule has 1 heterocycles. The maximum absolute atomic E-state index is 11.8. The molecule has 22 heavy (non-hydrogen) atoms. The first-order valence-corrected chi connectivity index (χ1v) is 7.30. The summed E-state index contributed by atoms with van der Waals surface area (Å²) >= 11 is 0. The fraction of sp³-hybridized carbons (Fsp3) is 0.467. The first-order valence-electron chi connectivity index (χ1n) is 7.30. The van der Waals surface area contributed by atoms with E-state index in [2.05, 4.69) is 16.0 Å². The van der Waals surface area contributed by atoms with E-state index in [1.165, 1.54) is 0 Å². The van der Waals surface area contributed by atoms with E-state index in [4.69, 9.17) is 9.47 Å². The van der Waals surface area contributed by atoms with Gasteiger partial charge in [-0.25, -0.2) is 4.79 Å². The van der Waals surface area contributed by atoms with Crippen LogP contribution in [0.3, 0.4) is 0 Å². The minimum absolute atomic E-state index is 0.186. The molecule has 1 aromatic rings. The molecule has 7 nitrogen and oxygen atoms in total. The van der Waals surface area contributed by atoms with Gasteiger partial charge in [0.1, 0.15) is 12.7 Å². The molecule has 0 aliphatic carbocycles. The Hall–Kier alpha value is -2.28. The van der Waals surface area contributed by atoms with Gasteiger partial charge in [-0.1, -0.05) is 12.1 Å². The van der Waals surface area contributed by atoms with Crippen molar-refractivity contribution in [2.45, 2.75) is 26.0 Å². The molecule has 3 amide bonds. The number of carbonyl (C=O) groups is 2. The summed E-state index contributed by atoms with van der Waals surface area (Å²) in [6.45, 7) is 4.79. The average Bonchev–Trinajstić information content (AvgIpc) is 2.52. The standard InChI is InChI=1S/C15H21N3O4/c1-3-16-15(20)18-14(19)10(2)17-8-11-9-21-12-6-4-5-7-13(12)22-11/h4-7,10-11,17H,3,8-9H2,1-2H3,(H2,16,18,19,20). The topological polar surface area (TPSA) is 88.7 Å². The van der Waals surface area contributed by atoms with Crippen molar-refractivity contribution >= 4 is 11.9 Å². The van der Waals surface area contributed by atoms with Crippen molar-refractivity contribution in [2.75, 3.05) is 19.7 Å². The number of hydrogen-bond donors (Lipinski definition) is 3. The normalized spacial score (nSPS) is 17.5. The molecule has 120 valence electrons. The highest BCUT2D eigenvalue weighted by Crippen LogP contribution is 2.30. The van der Waals surface area contributed by atoms with Crippen LogP contribution in [-0.4, -0.2) is 43.8 Å². The number of imide groups is 1. The van der Waals surface area contributed by atoms with Gasteiger partial charge in [-0.2, -0.15) is 0 Å². The molecule has 1 aliphatic rings. The minimum atomic E-state index is -0.511. The van der Waals surface area contributed by atoms with Gasteiger partial charge in [0.05, 0.1) is 6.04 Å². The molecule has 0 fully saturated rings. The van der Waals surface area contributed by atoms with Crippen LogP contribution in [0.4, 0.5) is 4.79 Å². The second-order valence-electron chi connectivity index (χ2n) is 4.98. The van der Waals surface area contributed by atoms with E-state index in [9.17, 15) is 9.59 Å². The van der Waals surface area contributed by atoms with Crippen molar-refractivity contribution in [2.24, 2.45) is 0 Å². The Kier molecular flexibility index (Phi) is 5.60. The van der Waals surface area contributed by atoms with Gasteiger partial charge in [0, 0.05) is 13.1 Å². The lowest BCUT2D eigenvalue weighted by molar-refractivity contribution is -0.121. The summed E-state index contributed by atoms with van der Waals surface area (Å²) < 4.78 is 11.4. The van der Waals surface area contributed by atoms with Crippen molar-refractivity contribution in [1.82, 2.24) is 16.0 Å². The number of ether oxygens (including phenoxy) is 2. The molecule has 0 spiro atoms. The molecule has 1 aliphatic heterocycles. The van der Waals surface area contributed by atoms with Crippen molar-refractivity contribution in [1.29, 1.82) is 0 Å². The van der Waals surface area contributed by atoms with E-state index in [1.807, 2.05) is 24.3 Å². The quantitative estimate of drug-likeness (QED) is 0.743. The van der Waals surface area contributed by atoms with Gasteiger partial charge in [0.15, 0.2) is 11.5 Å². The van der Waals surface area contributed by atoms with E-state index in [1.54, 1.807) is 13.8 Å². The number of benzene rings is 1. The molecule has 0 radical (unpaired) electrons. The van der Waals surface area contributed by atoms with Gasteiger partial charge in [0.25, 0.3) is 0 Å². The molecule has 0 saturated carbocycles. The first kappa shape index (κ1) is 16.1. The van der Waals surface area contributed by atoms with Gasteiger partial charge in [-0.05, 0) is 26.0 Å². The van der Waals surface area contributed by atoms with E-state index in [-0.39, 0.29) is 12.0 Å². The summed E-state index contributed by atoms with van der Waals surface area (Å²) in [5, 5.41) is 7.80. The second kappa shape index (κ2) is 7.65. The lowest BCUT2D eigenvalue weighted by atomic mass is 10.2. The Morgan fingerprint density at radius 3 is 2.77 bits per heavy atom. The van der Waals surface area contributed by atoms with Crippen molar-refractivity contribution in [3.05, 3.63) is 24.3 Å². The van der Waals surface area contributed by atoms with Crippen LogP contribution in [-0.2, 0) is 4.79 Å². The van der Waals surface area contributed by atoms with Crippen LogP contribution in [0.15, 0.2) is 24.3 Å². The number of hydrogen-bond acceptors (Lipinski definition) is 5. The third kappa shape index (κ3) is 4.36. The molecule has 2 atom stereocenters. The highest BCUT2D eigenvalue weighted by atomic mass is 16.6. The van der Waals surface area contributed by atoms with Crippen molar-refractivity contribution in [3.63, 3.8) is 0 Å². The Morgan fingerprint density at radius 2 is 2.05 bits per heavy atom. The number of fused-ring (bicyclic) bond motifs is 1. The van der Waals surface area contributed by atoms with Crippen molar-refractivity contribution < 1.29 is 19.1 Å². The fourth-order valence-electron chi connectivity index (χ4n) is 1.99. The zero-order valence-corrected chi connectivity index (χ0v) is 12.7. The molecule has 2 rings (SSSR count). The minimum Gasteiger partial charge on any atom is -0.486 e. The third-order valence-electron chi connectivity index (χ3n) is 3.19. The monoisotopic (exact) mass is 307 g/mol. The summed E-state index contributed by atoms with van der Waals surface area (Å²) in [6, 6.07) is 6.44. The number of urea groups is 1. The number of rotatable bonds is 5. The van der Waals surface area contributed by atoms with Crippen molar-refractivity contribution in [3.8, 4) is 11.5 Å². The van der Waals surface area contributed by atoms with Crippen LogP contribution in [0.2, 0.25) is 0 Å². The molecule has 7 heteroatoms. The molecule has 0 saturated heterocycles. The molecule has 2 unspecified atom stereocenters. The fourth-order valence-corrected chi connectivity index (χ4v) is 1.99. The summed E-state index contributed by atoms with van der Waals surface area (Å²) in [7, 11) is 0. The van der Waals surface area contributed by atoms with Crippen LogP contribution in [0.5, 0.6) is 11.5 Å². The number of para-hydroxylation sites is 2. The van der Waals surface area contributed by atoms with Crippen LogP contribution < -0.4 is 25.4 Å². The zero-order valence-electron chi connectivity index (χ0n) is 12.7. The van der Waals surface area contributed by atoms with Gasteiger partial charge < -0.3 is 20.1 Å². The van der Waals surface area contributed by atoms with E-state index < -0.39 is 12.1 Å². The highest BCUT2D eigenvalue weighted by Gasteiger charge is 2.22. The predicted octanol–water partition coefficient (Wildman–Crippen LogP) is 0.650. The Labute approximate surface area is 129 Å². The maximum Gasteiger partial charge on any atom is 0.321 e. The lowest BCUT2D eigenvalue weighted by Gasteiger charge is -2.27. The molecular formula is C15H21N3O4. The Balaban J connectivity index is 1.76. The van der Waals surface area contributed by atoms with Gasteiger partial charge >= 0.3 is 6.03 Å². The number of amides is 3. The molecule has 3 N–H and O–H groups in total. The van der Waals surface area contributed by atoms with Gasteiger partial charge in [0.2, 0.25) is 5.91 Å². The maximum atomic E-state index is 11.8. The van der Waals surface area contributed by atoms with Gasteiger partial charge in [-0.3, -0.25) is 10.1 Å². The summed E-state index contributed by atoms with van der Waals surface area (Å²) in [5.41, 5.74) is 0. The smallest absolute Gasteiger partial charge is 0.321 e. The molecule has 0 bridgehead atoms. The summed E-state index contributed by atoms with van der Waals surface area (Å²) in [5.74, 6) is 1.03. The highest BCUT2D eigenvalue weighted by molar-refractivity contribution is 5.96. The zero-order chi connectivity index (χ0) is 15.9. The van der Waals surface area contributed by atoms with Crippen LogP contribution in [0.25, 0.3) is 0 Å². The van der Waals surface area contributed by atoms with Crippen LogP contribution in [0.1, 0.15) is 13.8 Å². The SMILES string of the molecule is CCNC(=O)NC(=O)C(C)NCC1COc2ccccc2O1. The van der Waals surface area contributed by atoms with Gasteiger partial charge in [-0.15, -0.1) is 0 Å². The summed E-state index contributed by atoms with van der Waals surface area (Å²) in [6.07, 6.45) is -0.186. The average molecular weight is 307 g/mol. The van der Waals surface area contributed by atoms with Crippen LogP contribution >= 0.6 is 0 Å². The molecule has 0 aromatic heterocycles. The van der Waals surface area contributed by atoms with E-state index in [0.29, 0.717) is 25.4 Å². The lowest BCUT2D eigenvalue weighted by Crippen LogP contribution is -2.50. The van der Waals surface area contributed by atoms with E-state index >= 15 is 0 Å². The molecule has 1 aromatic carbocycles. The molecular weight excluding hydrogens is 286 g/mol. The van der Waals surface area contributed by atoms with E-state index in [0.717, 1.165) is 5.75 Å². The van der Waals surface area contributed by atoms with Crippen LogP contribution in [0, 0.1) is 0 Å². The number of carbonyl (C=O) groups excluding carboxylic acids is 2. The summed E-state index contributed by atoms with van der Waals surface area (Å²) in [4.78, 5) is 23.1. The Morgan fingerprint density at radius 1 is 1.32 bits per heavy atom. The second-order valence-corrected chi connectivity index (χ2v) is 4.98. The Bertz CT molecular complexity index is 535. The number of nitrogens with one attached hydrogen (secondary N) is 3. The first-order chi connectivity index (χ1) is 10.6. The predicted molar refractivity (Wildman–Crippen MR) is 81.0 cm³/mol.